The third-order valence-corrected chi connectivity index (χ3v) is 5.47. The van der Waals surface area contributed by atoms with Gasteiger partial charge >= 0.3 is 0 Å². The first kappa shape index (κ1) is 18.1. The molecule has 1 heterocycles. The highest BCUT2D eigenvalue weighted by Gasteiger charge is 2.27. The van der Waals surface area contributed by atoms with Crippen LogP contribution in [0.2, 0.25) is 0 Å². The minimum absolute atomic E-state index is 0.0183. The van der Waals surface area contributed by atoms with E-state index in [4.69, 9.17) is 10.5 Å². The molecule has 0 radical (unpaired) electrons. The largest absolute Gasteiger partial charge is 0.382 e. The van der Waals surface area contributed by atoms with E-state index in [9.17, 15) is 8.42 Å². The van der Waals surface area contributed by atoms with Crippen LogP contribution in [0.3, 0.4) is 0 Å². The molecule has 0 saturated carbocycles. The second-order valence-corrected chi connectivity index (χ2v) is 7.72. The molecule has 10 heteroatoms. The van der Waals surface area contributed by atoms with E-state index in [1.807, 2.05) is 19.0 Å². The maximum absolute atomic E-state index is 12.2. The molecule has 0 fully saturated rings. The first-order valence-corrected chi connectivity index (χ1v) is 8.62. The van der Waals surface area contributed by atoms with E-state index in [1.165, 1.54) is 14.1 Å². The van der Waals surface area contributed by atoms with E-state index in [1.54, 1.807) is 0 Å². The summed E-state index contributed by atoms with van der Waals surface area (Å²) in [5, 5.41) is 3.46. The minimum atomic E-state index is -3.61. The quantitative estimate of drug-likeness (QED) is 0.610. The fraction of sp³-hybridized carbons (Fsp3) is 0.727. The summed E-state index contributed by atoms with van der Waals surface area (Å²) in [4.78, 5) is 2.06. The summed E-state index contributed by atoms with van der Waals surface area (Å²) in [7, 11) is 3.26. The monoisotopic (exact) mass is 337 g/mol. The lowest BCUT2D eigenvalue weighted by Gasteiger charge is -2.13. The van der Waals surface area contributed by atoms with Crippen LogP contribution in [0.4, 0.5) is 10.8 Å². The normalized spacial score (nSPS) is 12.3. The van der Waals surface area contributed by atoms with E-state index >= 15 is 0 Å². The number of rotatable bonds is 9. The average molecular weight is 337 g/mol. The Labute approximate surface area is 130 Å². The van der Waals surface area contributed by atoms with Gasteiger partial charge in [-0.15, -0.1) is 0 Å². The lowest BCUT2D eigenvalue weighted by molar-refractivity contribution is 0.126. The van der Waals surface area contributed by atoms with Crippen LogP contribution in [-0.4, -0.2) is 76.5 Å². The number of nitrogens with zero attached hydrogens (tertiary/aromatic N) is 3. The maximum atomic E-state index is 12.2. The average Bonchev–Trinajstić information content (AvgIpc) is 2.75. The number of nitrogen functional groups attached to an aromatic ring is 1. The zero-order chi connectivity index (χ0) is 16.0. The molecular formula is C11H23N5O3S2. The summed E-state index contributed by atoms with van der Waals surface area (Å²) in [6.45, 7) is 2.44. The van der Waals surface area contributed by atoms with Gasteiger partial charge in [0.25, 0.3) is 0 Å². The number of sulfonamides is 1. The second kappa shape index (κ2) is 7.90. The first-order chi connectivity index (χ1) is 9.76. The molecule has 0 aliphatic rings. The highest BCUT2D eigenvalue weighted by atomic mass is 32.2. The molecule has 0 atom stereocenters. The number of aromatic nitrogens is 1. The zero-order valence-electron chi connectivity index (χ0n) is 12.8. The van der Waals surface area contributed by atoms with Crippen LogP contribution in [0.15, 0.2) is 4.90 Å². The van der Waals surface area contributed by atoms with E-state index in [2.05, 4.69) is 9.69 Å². The van der Waals surface area contributed by atoms with Crippen molar-refractivity contribution in [3.05, 3.63) is 0 Å². The molecule has 0 aliphatic heterocycles. The summed E-state index contributed by atoms with van der Waals surface area (Å²) < 4.78 is 34.8. The van der Waals surface area contributed by atoms with Gasteiger partial charge in [0, 0.05) is 27.2 Å². The van der Waals surface area contributed by atoms with E-state index in [-0.39, 0.29) is 10.7 Å². The van der Waals surface area contributed by atoms with Crippen LogP contribution in [0.5, 0.6) is 0 Å². The Hall–Kier alpha value is -0.940. The number of nitrogens with two attached hydrogens (primary N) is 1. The Morgan fingerprint density at radius 2 is 1.95 bits per heavy atom. The molecule has 0 amide bonds. The third-order valence-electron chi connectivity index (χ3n) is 2.63. The molecule has 1 rings (SSSR count). The van der Waals surface area contributed by atoms with Crippen molar-refractivity contribution in [3.8, 4) is 0 Å². The van der Waals surface area contributed by atoms with Gasteiger partial charge in [-0.2, -0.15) is 4.37 Å². The van der Waals surface area contributed by atoms with Gasteiger partial charge in [-0.25, -0.2) is 12.7 Å². The fourth-order valence-corrected chi connectivity index (χ4v) is 3.53. The molecule has 0 saturated heterocycles. The van der Waals surface area contributed by atoms with E-state index in [0.717, 1.165) is 22.4 Å². The summed E-state index contributed by atoms with van der Waals surface area (Å²) in [5.41, 5.74) is 5.67. The lowest BCUT2D eigenvalue weighted by atomic mass is 10.5. The number of ether oxygens (including phenoxy) is 1. The minimum Gasteiger partial charge on any atom is -0.382 e. The van der Waals surface area contributed by atoms with Crippen LogP contribution in [0.25, 0.3) is 0 Å². The predicted octanol–water partition coefficient (Wildman–Crippen LogP) is -0.0343. The Balaban J connectivity index is 2.58. The van der Waals surface area contributed by atoms with Crippen LogP contribution in [-0.2, 0) is 14.8 Å². The first-order valence-electron chi connectivity index (χ1n) is 6.40. The number of hydrogen-bond acceptors (Lipinski definition) is 8. The maximum Gasteiger partial charge on any atom is 0.249 e. The molecule has 8 nitrogen and oxygen atoms in total. The molecule has 0 aliphatic carbocycles. The molecular weight excluding hydrogens is 314 g/mol. The van der Waals surface area contributed by atoms with Crippen molar-refractivity contribution in [2.45, 2.75) is 4.90 Å². The summed E-state index contributed by atoms with van der Waals surface area (Å²) >= 11 is 1.03. The Kier molecular flexibility index (Phi) is 6.81. The van der Waals surface area contributed by atoms with Gasteiger partial charge in [-0.05, 0) is 25.6 Å². The molecule has 0 aromatic carbocycles. The lowest BCUT2D eigenvalue weighted by Crippen LogP contribution is -2.24. The van der Waals surface area contributed by atoms with Gasteiger partial charge < -0.3 is 20.7 Å². The molecule has 1 aromatic rings. The highest BCUT2D eigenvalue weighted by Crippen LogP contribution is 2.32. The van der Waals surface area contributed by atoms with Gasteiger partial charge in [-0.3, -0.25) is 0 Å². The van der Waals surface area contributed by atoms with Gasteiger partial charge in [0.15, 0.2) is 10.7 Å². The topological polar surface area (TPSA) is 101 Å². The summed E-state index contributed by atoms with van der Waals surface area (Å²) in [6.07, 6.45) is 0. The van der Waals surface area contributed by atoms with Crippen LogP contribution < -0.4 is 11.1 Å². The highest BCUT2D eigenvalue weighted by molar-refractivity contribution is 7.89. The Morgan fingerprint density at radius 3 is 2.52 bits per heavy atom. The molecule has 0 unspecified atom stereocenters. The van der Waals surface area contributed by atoms with Crippen molar-refractivity contribution in [2.75, 3.05) is 65.5 Å². The third kappa shape index (κ3) is 5.08. The molecule has 122 valence electrons. The van der Waals surface area contributed by atoms with Crippen molar-refractivity contribution in [1.82, 2.24) is 13.6 Å². The smallest absolute Gasteiger partial charge is 0.249 e. The van der Waals surface area contributed by atoms with Crippen LogP contribution in [0, 0.1) is 0 Å². The fourth-order valence-electron chi connectivity index (χ4n) is 1.42. The molecule has 0 bridgehead atoms. The van der Waals surface area contributed by atoms with Crippen molar-refractivity contribution < 1.29 is 13.2 Å². The molecule has 21 heavy (non-hydrogen) atoms. The van der Waals surface area contributed by atoms with Crippen molar-refractivity contribution in [1.29, 1.82) is 0 Å². The molecule has 0 spiro atoms. The van der Waals surface area contributed by atoms with E-state index in [0.29, 0.717) is 24.8 Å². The SMILES string of the molecule is CN(C)CCOCCNc1snc(N)c1S(=O)(=O)N(C)C. The standard InChI is InChI=1S/C11H23N5O3S2/c1-15(2)6-8-19-7-5-13-11-9(10(12)14-20-11)21(17,18)16(3)4/h13H,5-8H2,1-4H3,(H2,12,14). The van der Waals surface area contributed by atoms with Gasteiger partial charge in [0.2, 0.25) is 10.0 Å². The molecule has 3 N–H and O–H groups in total. The number of hydrogen-bond donors (Lipinski definition) is 2. The van der Waals surface area contributed by atoms with Crippen molar-refractivity contribution >= 4 is 32.4 Å². The van der Waals surface area contributed by atoms with Gasteiger partial charge in [0.1, 0.15) is 5.00 Å². The Morgan fingerprint density at radius 1 is 1.29 bits per heavy atom. The van der Waals surface area contributed by atoms with Crippen molar-refractivity contribution in [2.24, 2.45) is 0 Å². The predicted molar refractivity (Wildman–Crippen MR) is 85.3 cm³/mol. The second-order valence-electron chi connectivity index (χ2n) is 4.86. The number of nitrogens with one attached hydrogen (secondary N) is 1. The van der Waals surface area contributed by atoms with Gasteiger partial charge in [-0.1, -0.05) is 0 Å². The molecule has 1 aromatic heterocycles. The van der Waals surface area contributed by atoms with Crippen LogP contribution in [0.1, 0.15) is 0 Å². The van der Waals surface area contributed by atoms with Crippen molar-refractivity contribution in [3.63, 3.8) is 0 Å². The number of likely N-dealkylation sites (N-methyl/N-ethyl adjacent to an activating group) is 1. The number of anilines is 2. The van der Waals surface area contributed by atoms with Crippen LogP contribution >= 0.6 is 11.5 Å². The van der Waals surface area contributed by atoms with E-state index < -0.39 is 10.0 Å². The van der Waals surface area contributed by atoms with Gasteiger partial charge in [0.05, 0.1) is 13.2 Å². The summed E-state index contributed by atoms with van der Waals surface area (Å²) in [6, 6.07) is 0. The zero-order valence-corrected chi connectivity index (χ0v) is 14.4. The summed E-state index contributed by atoms with van der Waals surface area (Å²) in [5.74, 6) is 0.0183. The Bertz CT molecular complexity index is 542.